The van der Waals surface area contributed by atoms with Crippen LogP contribution in [0.25, 0.3) is 0 Å². The number of nitrogens with zero attached hydrogens (tertiary/aromatic N) is 3. The lowest BCUT2D eigenvalue weighted by atomic mass is 9.98. The van der Waals surface area contributed by atoms with Gasteiger partial charge in [0.2, 0.25) is 11.8 Å². The second-order valence-corrected chi connectivity index (χ2v) is 9.40. The topological polar surface area (TPSA) is 45.6 Å². The van der Waals surface area contributed by atoms with E-state index in [9.17, 15) is 9.59 Å². The first-order valence-corrected chi connectivity index (χ1v) is 10.6. The second-order valence-electron chi connectivity index (χ2n) is 9.40. The normalized spacial score (nSPS) is 19.0. The summed E-state index contributed by atoms with van der Waals surface area (Å²) in [4.78, 5) is 30.1. The summed E-state index contributed by atoms with van der Waals surface area (Å²) in [6.45, 7) is 9.68. The van der Waals surface area contributed by atoms with Gasteiger partial charge in [-0.05, 0) is 58.2 Å². The molecule has 0 N–H and O–H groups in total. The van der Waals surface area contributed by atoms with Gasteiger partial charge in [0.05, 0.1) is 6.04 Å². The fourth-order valence-electron chi connectivity index (χ4n) is 4.17. The molecule has 1 fully saturated rings. The Kier molecular flexibility index (Phi) is 5.01. The summed E-state index contributed by atoms with van der Waals surface area (Å²) in [5.74, 6) is 0.249. The minimum Gasteiger partial charge on any atom is -0.348 e. The summed E-state index contributed by atoms with van der Waals surface area (Å²) in [6.07, 6.45) is 3.97. The van der Waals surface area contributed by atoms with Gasteiger partial charge < -0.3 is 14.4 Å². The zero-order valence-electron chi connectivity index (χ0n) is 17.9. The maximum atomic E-state index is 13.5. The highest BCUT2D eigenvalue weighted by atomic mass is 16.2. The molecule has 2 aromatic rings. The van der Waals surface area contributed by atoms with E-state index in [0.29, 0.717) is 6.54 Å². The first-order valence-electron chi connectivity index (χ1n) is 10.6. The number of benzene rings is 1. The van der Waals surface area contributed by atoms with E-state index < -0.39 is 0 Å². The van der Waals surface area contributed by atoms with Crippen LogP contribution in [-0.2, 0) is 16.1 Å². The highest BCUT2D eigenvalue weighted by molar-refractivity contribution is 5.88. The Morgan fingerprint density at radius 1 is 1.07 bits per heavy atom. The van der Waals surface area contributed by atoms with Gasteiger partial charge in [0.25, 0.3) is 0 Å². The quantitative estimate of drug-likeness (QED) is 0.794. The van der Waals surface area contributed by atoms with Gasteiger partial charge in [-0.15, -0.1) is 0 Å². The van der Waals surface area contributed by atoms with Gasteiger partial charge in [-0.3, -0.25) is 9.59 Å². The van der Waals surface area contributed by atoms with Gasteiger partial charge in [0.1, 0.15) is 6.54 Å². The van der Waals surface area contributed by atoms with Crippen molar-refractivity contribution in [2.75, 3.05) is 13.1 Å². The first kappa shape index (κ1) is 19.7. The Hall–Kier alpha value is -2.56. The zero-order valence-corrected chi connectivity index (χ0v) is 17.9. The maximum Gasteiger partial charge on any atom is 0.243 e. The van der Waals surface area contributed by atoms with Gasteiger partial charge in [0.15, 0.2) is 0 Å². The van der Waals surface area contributed by atoms with Crippen LogP contribution >= 0.6 is 0 Å². The molecule has 0 radical (unpaired) electrons. The number of aryl methyl sites for hydroxylation is 1. The van der Waals surface area contributed by atoms with Crippen LogP contribution in [0, 0.1) is 12.8 Å². The fraction of sp³-hybridized carbons (Fsp3) is 0.500. The zero-order chi connectivity index (χ0) is 20.8. The minimum absolute atomic E-state index is 0.0203. The molecule has 1 unspecified atom stereocenters. The number of hydrogen-bond acceptors (Lipinski definition) is 2. The summed E-state index contributed by atoms with van der Waals surface area (Å²) in [5.41, 5.74) is 3.07. The van der Waals surface area contributed by atoms with E-state index in [-0.39, 0.29) is 35.9 Å². The Balaban J connectivity index is 1.63. The predicted molar refractivity (Wildman–Crippen MR) is 113 cm³/mol. The summed E-state index contributed by atoms with van der Waals surface area (Å²) < 4.78 is 2.23. The third-order valence-electron chi connectivity index (χ3n) is 6.05. The molecule has 0 saturated heterocycles. The molecule has 0 bridgehead atoms. The summed E-state index contributed by atoms with van der Waals surface area (Å²) >= 11 is 0. The van der Waals surface area contributed by atoms with Crippen molar-refractivity contribution in [2.24, 2.45) is 5.92 Å². The molecular weight excluding hydrogens is 362 g/mol. The monoisotopic (exact) mass is 393 g/mol. The third-order valence-corrected chi connectivity index (χ3v) is 6.05. The molecular formula is C24H31N3O2. The number of aromatic nitrogens is 1. The molecule has 2 aliphatic rings. The molecule has 154 valence electrons. The molecule has 1 saturated carbocycles. The molecule has 29 heavy (non-hydrogen) atoms. The van der Waals surface area contributed by atoms with Crippen LogP contribution in [0.4, 0.5) is 0 Å². The van der Waals surface area contributed by atoms with Crippen molar-refractivity contribution in [3.05, 3.63) is 59.4 Å². The molecule has 1 atom stereocenters. The van der Waals surface area contributed by atoms with Crippen LogP contribution in [0.2, 0.25) is 0 Å². The summed E-state index contributed by atoms with van der Waals surface area (Å²) in [5, 5.41) is 0. The van der Waals surface area contributed by atoms with Crippen molar-refractivity contribution in [1.82, 2.24) is 14.4 Å². The molecule has 2 heterocycles. The van der Waals surface area contributed by atoms with E-state index in [2.05, 4.69) is 48.0 Å². The minimum atomic E-state index is -0.370. The van der Waals surface area contributed by atoms with Crippen LogP contribution in [0.3, 0.4) is 0 Å². The van der Waals surface area contributed by atoms with Crippen LogP contribution in [0.5, 0.6) is 0 Å². The van der Waals surface area contributed by atoms with Gasteiger partial charge in [-0.2, -0.15) is 0 Å². The van der Waals surface area contributed by atoms with Crippen molar-refractivity contribution in [3.63, 3.8) is 0 Å². The maximum absolute atomic E-state index is 13.5. The fourth-order valence-corrected chi connectivity index (χ4v) is 4.17. The van der Waals surface area contributed by atoms with Crippen LogP contribution in [0.15, 0.2) is 42.6 Å². The highest BCUT2D eigenvalue weighted by Gasteiger charge is 2.40. The number of carbonyl (C=O) groups excluding carboxylic acids is 2. The van der Waals surface area contributed by atoms with E-state index in [0.717, 1.165) is 30.6 Å². The number of amides is 2. The van der Waals surface area contributed by atoms with Crippen LogP contribution in [-0.4, -0.2) is 44.8 Å². The SMILES string of the molecule is Cc1ccc(C2c3cccn3CCN2C(=O)CN(C(=O)C2CC2)C(C)(C)C)cc1. The Labute approximate surface area is 173 Å². The average molecular weight is 394 g/mol. The Bertz CT molecular complexity index is 903. The Morgan fingerprint density at radius 3 is 2.38 bits per heavy atom. The van der Waals surface area contributed by atoms with Gasteiger partial charge in [-0.1, -0.05) is 29.8 Å². The van der Waals surface area contributed by atoms with E-state index in [1.807, 2.05) is 31.7 Å². The van der Waals surface area contributed by atoms with E-state index in [4.69, 9.17) is 0 Å². The Morgan fingerprint density at radius 2 is 1.76 bits per heavy atom. The standard InChI is InChI=1S/C24H31N3O2/c1-17-7-9-18(10-8-17)22-20-6-5-13-25(20)14-15-26(22)21(28)16-27(24(2,3)4)23(29)19-11-12-19/h5-10,13,19,22H,11-12,14-16H2,1-4H3. The van der Waals surface area contributed by atoms with E-state index in [1.54, 1.807) is 4.90 Å². The number of rotatable bonds is 4. The molecule has 2 amide bonds. The average Bonchev–Trinajstić information content (AvgIpc) is 3.41. The predicted octanol–water partition coefficient (Wildman–Crippen LogP) is 3.77. The van der Waals surface area contributed by atoms with Crippen LogP contribution < -0.4 is 0 Å². The van der Waals surface area contributed by atoms with Crippen molar-refractivity contribution in [1.29, 1.82) is 0 Å². The van der Waals surface area contributed by atoms with Gasteiger partial charge in [-0.25, -0.2) is 0 Å². The van der Waals surface area contributed by atoms with Crippen molar-refractivity contribution in [2.45, 2.75) is 58.7 Å². The summed E-state index contributed by atoms with van der Waals surface area (Å²) in [6, 6.07) is 12.4. The third kappa shape index (κ3) is 3.96. The number of fused-ring (bicyclic) bond motifs is 1. The molecule has 1 aliphatic heterocycles. The first-order chi connectivity index (χ1) is 13.8. The molecule has 1 aromatic heterocycles. The van der Waals surface area contributed by atoms with Crippen LogP contribution in [0.1, 0.15) is 56.5 Å². The molecule has 4 rings (SSSR count). The van der Waals surface area contributed by atoms with Gasteiger partial charge >= 0.3 is 0 Å². The van der Waals surface area contributed by atoms with Crippen molar-refractivity contribution in [3.8, 4) is 0 Å². The largest absolute Gasteiger partial charge is 0.348 e. The lowest BCUT2D eigenvalue weighted by Gasteiger charge is -2.41. The molecule has 1 aliphatic carbocycles. The molecule has 1 aromatic carbocycles. The lowest BCUT2D eigenvalue weighted by Crippen LogP contribution is -2.53. The van der Waals surface area contributed by atoms with E-state index in [1.165, 1.54) is 5.56 Å². The molecule has 5 nitrogen and oxygen atoms in total. The molecule has 5 heteroatoms. The second kappa shape index (κ2) is 7.36. The lowest BCUT2D eigenvalue weighted by molar-refractivity contribution is -0.147. The molecule has 0 spiro atoms. The van der Waals surface area contributed by atoms with Crippen molar-refractivity contribution < 1.29 is 9.59 Å². The number of carbonyl (C=O) groups is 2. The number of hydrogen-bond donors (Lipinski definition) is 0. The van der Waals surface area contributed by atoms with Crippen molar-refractivity contribution >= 4 is 11.8 Å². The highest BCUT2D eigenvalue weighted by Crippen LogP contribution is 2.35. The van der Waals surface area contributed by atoms with Gasteiger partial charge in [0, 0.05) is 36.4 Å². The summed E-state index contributed by atoms with van der Waals surface area (Å²) in [7, 11) is 0. The van der Waals surface area contributed by atoms with E-state index >= 15 is 0 Å². The smallest absolute Gasteiger partial charge is 0.243 e.